The van der Waals surface area contributed by atoms with Gasteiger partial charge in [0.05, 0.1) is 10.7 Å². The van der Waals surface area contributed by atoms with Crippen LogP contribution in [0.2, 0.25) is 5.02 Å². The minimum atomic E-state index is 0.542. The quantitative estimate of drug-likeness (QED) is 0.744. The molecule has 0 bridgehead atoms. The summed E-state index contributed by atoms with van der Waals surface area (Å²) in [6.07, 6.45) is 1.13. The van der Waals surface area contributed by atoms with E-state index >= 15 is 0 Å². The number of nitrogens with one attached hydrogen (secondary N) is 1. The number of piperazine rings is 1. The lowest BCUT2D eigenvalue weighted by Crippen LogP contribution is -2.54. The van der Waals surface area contributed by atoms with Crippen molar-refractivity contribution in [2.24, 2.45) is 0 Å². The number of hydrogen-bond donors (Lipinski definition) is 1. The van der Waals surface area contributed by atoms with Gasteiger partial charge in [-0.1, -0.05) is 17.7 Å². The lowest BCUT2D eigenvalue weighted by molar-refractivity contribution is 0.430. The summed E-state index contributed by atoms with van der Waals surface area (Å²) in [5.74, 6) is 0. The smallest absolute Gasteiger partial charge is 0.0645 e. The van der Waals surface area contributed by atoms with E-state index in [9.17, 15) is 0 Å². The van der Waals surface area contributed by atoms with Crippen LogP contribution in [-0.2, 0) is 6.42 Å². The maximum Gasteiger partial charge on any atom is 0.0645 e. The summed E-state index contributed by atoms with van der Waals surface area (Å²) in [4.78, 5) is 2.51. The highest BCUT2D eigenvalue weighted by molar-refractivity contribution is 6.33. The molecular weight excluding hydrogens is 220 g/mol. The second kappa shape index (κ2) is 3.64. The highest BCUT2D eigenvalue weighted by Crippen LogP contribution is 2.40. The van der Waals surface area contributed by atoms with Gasteiger partial charge in [0.15, 0.2) is 0 Å². The van der Waals surface area contributed by atoms with E-state index < -0.39 is 0 Å². The Bertz CT molecular complexity index is 430. The van der Waals surface area contributed by atoms with Crippen molar-refractivity contribution >= 4 is 17.3 Å². The predicted octanol–water partition coefficient (Wildman–Crippen LogP) is 2.37. The van der Waals surface area contributed by atoms with Gasteiger partial charge in [0, 0.05) is 25.2 Å². The fourth-order valence-corrected chi connectivity index (χ4v) is 3.49. The number of aryl methyl sites for hydroxylation is 1. The normalized spacial score (nSPS) is 27.8. The van der Waals surface area contributed by atoms with Gasteiger partial charge in [-0.05, 0) is 37.5 Å². The highest BCUT2D eigenvalue weighted by atomic mass is 35.5. The van der Waals surface area contributed by atoms with Crippen molar-refractivity contribution in [1.29, 1.82) is 0 Å². The van der Waals surface area contributed by atoms with Crippen LogP contribution in [-0.4, -0.2) is 25.2 Å². The van der Waals surface area contributed by atoms with Gasteiger partial charge in [0.25, 0.3) is 0 Å². The van der Waals surface area contributed by atoms with Crippen LogP contribution in [0, 0.1) is 6.92 Å². The largest absolute Gasteiger partial charge is 0.362 e. The molecule has 0 aromatic heterocycles. The zero-order valence-corrected chi connectivity index (χ0v) is 10.5. The number of rotatable bonds is 0. The molecule has 0 amide bonds. The molecule has 2 aliphatic rings. The summed E-state index contributed by atoms with van der Waals surface area (Å²) in [5.41, 5.74) is 3.97. The van der Waals surface area contributed by atoms with E-state index in [1.165, 1.54) is 16.8 Å². The Labute approximate surface area is 102 Å². The van der Waals surface area contributed by atoms with Crippen LogP contribution in [0.3, 0.4) is 0 Å². The summed E-state index contributed by atoms with van der Waals surface area (Å²) >= 11 is 6.40. The zero-order valence-electron chi connectivity index (χ0n) is 9.76. The Morgan fingerprint density at radius 3 is 3.00 bits per heavy atom. The first-order valence-corrected chi connectivity index (χ1v) is 6.32. The Balaban J connectivity index is 2.10. The first kappa shape index (κ1) is 10.4. The number of nitrogens with zero attached hydrogens (tertiary/aromatic N) is 1. The number of fused-ring (bicyclic) bond motifs is 3. The van der Waals surface area contributed by atoms with Gasteiger partial charge in [-0.2, -0.15) is 0 Å². The van der Waals surface area contributed by atoms with Crippen molar-refractivity contribution in [2.75, 3.05) is 18.0 Å². The maximum absolute atomic E-state index is 6.40. The van der Waals surface area contributed by atoms with Gasteiger partial charge in [0.2, 0.25) is 0 Å². The van der Waals surface area contributed by atoms with Gasteiger partial charge in [0.1, 0.15) is 0 Å². The Hall–Kier alpha value is -0.730. The van der Waals surface area contributed by atoms with Crippen LogP contribution in [0.1, 0.15) is 18.1 Å². The minimum Gasteiger partial charge on any atom is -0.362 e. The third-order valence-corrected chi connectivity index (χ3v) is 3.98. The second-order valence-electron chi connectivity index (χ2n) is 5.03. The van der Waals surface area contributed by atoms with E-state index in [0.717, 1.165) is 24.5 Å². The number of anilines is 1. The molecule has 2 atom stereocenters. The standard InChI is InChI=1S/C13H17ClN2/c1-8-3-10-5-11-7-15-6-9(2)16(11)13(10)12(14)4-8/h3-4,9,11,15H,5-7H2,1-2H3/t9?,11-/m1/s1. The van der Waals surface area contributed by atoms with Crippen LogP contribution >= 0.6 is 11.6 Å². The molecule has 1 aromatic rings. The molecule has 0 saturated carbocycles. The zero-order chi connectivity index (χ0) is 11.3. The fraction of sp³-hybridized carbons (Fsp3) is 0.538. The second-order valence-corrected chi connectivity index (χ2v) is 5.43. The molecule has 3 rings (SSSR count). The molecule has 16 heavy (non-hydrogen) atoms. The molecule has 86 valence electrons. The Morgan fingerprint density at radius 1 is 1.38 bits per heavy atom. The molecule has 1 saturated heterocycles. The monoisotopic (exact) mass is 236 g/mol. The average Bonchev–Trinajstić information content (AvgIpc) is 2.56. The highest BCUT2D eigenvalue weighted by Gasteiger charge is 2.36. The van der Waals surface area contributed by atoms with Gasteiger partial charge in [-0.25, -0.2) is 0 Å². The molecule has 2 aliphatic heterocycles. The number of halogens is 1. The van der Waals surface area contributed by atoms with Crippen LogP contribution in [0.25, 0.3) is 0 Å². The summed E-state index contributed by atoms with van der Waals surface area (Å²) in [6, 6.07) is 5.50. The summed E-state index contributed by atoms with van der Waals surface area (Å²) < 4.78 is 0. The topological polar surface area (TPSA) is 15.3 Å². The lowest BCUT2D eigenvalue weighted by atomic mass is 10.1. The van der Waals surface area contributed by atoms with Gasteiger partial charge in [-0.3, -0.25) is 0 Å². The van der Waals surface area contributed by atoms with E-state index in [1.54, 1.807) is 0 Å². The van der Waals surface area contributed by atoms with Crippen molar-refractivity contribution in [2.45, 2.75) is 32.4 Å². The van der Waals surface area contributed by atoms with Crippen molar-refractivity contribution in [3.63, 3.8) is 0 Å². The molecule has 0 aliphatic carbocycles. The average molecular weight is 237 g/mol. The first-order chi connectivity index (χ1) is 7.66. The van der Waals surface area contributed by atoms with E-state index in [4.69, 9.17) is 11.6 Å². The summed E-state index contributed by atoms with van der Waals surface area (Å²) in [7, 11) is 0. The van der Waals surface area contributed by atoms with Crippen LogP contribution in [0.5, 0.6) is 0 Å². The van der Waals surface area contributed by atoms with Crippen LogP contribution in [0.15, 0.2) is 12.1 Å². The fourth-order valence-electron chi connectivity index (χ4n) is 3.09. The Morgan fingerprint density at radius 2 is 2.19 bits per heavy atom. The minimum absolute atomic E-state index is 0.542. The van der Waals surface area contributed by atoms with Gasteiger partial charge < -0.3 is 10.2 Å². The third-order valence-electron chi connectivity index (χ3n) is 3.69. The van der Waals surface area contributed by atoms with Crippen molar-refractivity contribution in [3.8, 4) is 0 Å². The molecule has 0 radical (unpaired) electrons. The summed E-state index contributed by atoms with van der Waals surface area (Å²) in [6.45, 7) is 6.52. The van der Waals surface area contributed by atoms with E-state index in [1.807, 2.05) is 0 Å². The lowest BCUT2D eigenvalue weighted by Gasteiger charge is -2.38. The molecular formula is C13H17ClN2. The summed E-state index contributed by atoms with van der Waals surface area (Å²) in [5, 5.41) is 4.41. The maximum atomic E-state index is 6.40. The van der Waals surface area contributed by atoms with Gasteiger partial charge in [-0.15, -0.1) is 0 Å². The molecule has 1 fully saturated rings. The molecule has 1 N–H and O–H groups in total. The molecule has 1 aromatic carbocycles. The number of benzene rings is 1. The third kappa shape index (κ3) is 1.44. The van der Waals surface area contributed by atoms with Gasteiger partial charge >= 0.3 is 0 Å². The van der Waals surface area contributed by atoms with Crippen molar-refractivity contribution in [3.05, 3.63) is 28.3 Å². The SMILES string of the molecule is Cc1cc(Cl)c2c(c1)C[C@@H]1CNCC(C)N21. The molecule has 2 nitrogen and oxygen atoms in total. The molecule has 0 spiro atoms. The number of hydrogen-bond acceptors (Lipinski definition) is 2. The van der Waals surface area contributed by atoms with Crippen LogP contribution in [0.4, 0.5) is 5.69 Å². The van der Waals surface area contributed by atoms with E-state index in [-0.39, 0.29) is 0 Å². The van der Waals surface area contributed by atoms with Crippen molar-refractivity contribution < 1.29 is 0 Å². The van der Waals surface area contributed by atoms with Crippen LogP contribution < -0.4 is 10.2 Å². The van der Waals surface area contributed by atoms with E-state index in [2.05, 4.69) is 36.2 Å². The molecule has 2 heterocycles. The first-order valence-electron chi connectivity index (χ1n) is 5.95. The van der Waals surface area contributed by atoms with Crippen molar-refractivity contribution in [1.82, 2.24) is 5.32 Å². The molecule has 1 unspecified atom stereocenters. The Kier molecular flexibility index (Phi) is 2.37. The molecule has 3 heteroatoms. The van der Waals surface area contributed by atoms with E-state index in [0.29, 0.717) is 12.1 Å². The predicted molar refractivity (Wildman–Crippen MR) is 68.5 cm³/mol.